The molecule has 1 aromatic carbocycles. The first-order valence-corrected chi connectivity index (χ1v) is 6.29. The van der Waals surface area contributed by atoms with Crippen LogP contribution in [0.15, 0.2) is 23.2 Å². The van der Waals surface area contributed by atoms with Gasteiger partial charge in [-0.05, 0) is 12.0 Å². The molecular formula is C13H21IN4O3. The van der Waals surface area contributed by atoms with E-state index >= 15 is 0 Å². The molecule has 0 heterocycles. The van der Waals surface area contributed by atoms with E-state index in [9.17, 15) is 10.1 Å². The number of benzene rings is 1. The van der Waals surface area contributed by atoms with Crippen molar-refractivity contribution in [1.29, 1.82) is 0 Å². The van der Waals surface area contributed by atoms with Crippen molar-refractivity contribution in [1.82, 2.24) is 5.32 Å². The number of nitro groups is 1. The SMILES string of the molecule is COc1ccc([N+](=O)[O-])cc1CN=C(N)NCC(C)C.I. The third-order valence-corrected chi connectivity index (χ3v) is 2.59. The minimum atomic E-state index is -0.451. The number of methoxy groups -OCH3 is 1. The monoisotopic (exact) mass is 408 g/mol. The highest BCUT2D eigenvalue weighted by Crippen LogP contribution is 2.24. The maximum Gasteiger partial charge on any atom is 0.270 e. The van der Waals surface area contributed by atoms with E-state index in [1.165, 1.54) is 19.2 Å². The Kier molecular flexibility index (Phi) is 8.67. The molecule has 1 aromatic rings. The van der Waals surface area contributed by atoms with Gasteiger partial charge in [0.25, 0.3) is 5.69 Å². The van der Waals surface area contributed by atoms with E-state index in [1.807, 2.05) is 0 Å². The number of hydrogen-bond donors (Lipinski definition) is 2. The van der Waals surface area contributed by atoms with E-state index < -0.39 is 4.92 Å². The smallest absolute Gasteiger partial charge is 0.270 e. The fourth-order valence-corrected chi connectivity index (χ4v) is 1.54. The minimum absolute atomic E-state index is 0. The Balaban J connectivity index is 0.00000400. The molecule has 1 rings (SSSR count). The molecule has 7 nitrogen and oxygen atoms in total. The number of nitrogens with two attached hydrogens (primary N) is 1. The van der Waals surface area contributed by atoms with Crippen molar-refractivity contribution in [2.45, 2.75) is 20.4 Å². The normalized spacial score (nSPS) is 11.0. The standard InChI is InChI=1S/C13H20N4O3.HI/c1-9(2)7-15-13(14)16-8-10-6-11(17(18)19)4-5-12(10)20-3;/h4-6,9H,7-8H2,1-3H3,(H3,14,15,16);1H. The number of aliphatic imine (C=N–C) groups is 1. The summed E-state index contributed by atoms with van der Waals surface area (Å²) in [5.74, 6) is 1.32. The highest BCUT2D eigenvalue weighted by molar-refractivity contribution is 14.0. The first-order chi connectivity index (χ1) is 9.43. The number of ether oxygens (including phenoxy) is 1. The summed E-state index contributed by atoms with van der Waals surface area (Å²) in [5.41, 5.74) is 6.35. The molecule has 0 fully saturated rings. The van der Waals surface area contributed by atoms with Crippen LogP contribution in [0, 0.1) is 16.0 Å². The number of nitrogens with zero attached hydrogens (tertiary/aromatic N) is 2. The van der Waals surface area contributed by atoms with Crippen LogP contribution in [0.1, 0.15) is 19.4 Å². The van der Waals surface area contributed by atoms with Gasteiger partial charge >= 0.3 is 0 Å². The molecule has 0 amide bonds. The Labute approximate surface area is 141 Å². The number of hydrogen-bond acceptors (Lipinski definition) is 4. The lowest BCUT2D eigenvalue weighted by Gasteiger charge is -2.09. The largest absolute Gasteiger partial charge is 0.496 e. The Bertz CT molecular complexity index is 506. The minimum Gasteiger partial charge on any atom is -0.496 e. The average molecular weight is 408 g/mol. The fraction of sp³-hybridized carbons (Fsp3) is 0.462. The predicted octanol–water partition coefficient (Wildman–Crippen LogP) is 2.28. The molecule has 0 spiro atoms. The van der Waals surface area contributed by atoms with Gasteiger partial charge in [-0.2, -0.15) is 0 Å². The zero-order chi connectivity index (χ0) is 15.1. The molecule has 0 bridgehead atoms. The Hall–Kier alpha value is -1.58. The van der Waals surface area contributed by atoms with Gasteiger partial charge in [0.1, 0.15) is 5.75 Å². The molecule has 118 valence electrons. The molecule has 0 radical (unpaired) electrons. The summed E-state index contributed by atoms with van der Waals surface area (Å²) in [5, 5.41) is 13.7. The average Bonchev–Trinajstić information content (AvgIpc) is 2.42. The van der Waals surface area contributed by atoms with Crippen molar-refractivity contribution in [3.63, 3.8) is 0 Å². The van der Waals surface area contributed by atoms with E-state index in [-0.39, 0.29) is 36.2 Å². The number of nitro benzene ring substituents is 1. The van der Waals surface area contributed by atoms with Crippen LogP contribution in [-0.4, -0.2) is 24.5 Å². The van der Waals surface area contributed by atoms with Crippen molar-refractivity contribution >= 4 is 35.6 Å². The molecule has 3 N–H and O–H groups in total. The molecule has 21 heavy (non-hydrogen) atoms. The van der Waals surface area contributed by atoms with Crippen molar-refractivity contribution in [2.24, 2.45) is 16.6 Å². The highest BCUT2D eigenvalue weighted by Gasteiger charge is 2.11. The molecule has 0 aromatic heterocycles. The van der Waals surface area contributed by atoms with Gasteiger partial charge < -0.3 is 15.8 Å². The lowest BCUT2D eigenvalue weighted by molar-refractivity contribution is -0.384. The van der Waals surface area contributed by atoms with Gasteiger partial charge in [0.2, 0.25) is 0 Å². The second-order valence-corrected chi connectivity index (χ2v) is 4.73. The number of rotatable bonds is 6. The zero-order valence-corrected chi connectivity index (χ0v) is 14.7. The van der Waals surface area contributed by atoms with E-state index in [2.05, 4.69) is 24.2 Å². The zero-order valence-electron chi connectivity index (χ0n) is 12.3. The summed E-state index contributed by atoms with van der Waals surface area (Å²) < 4.78 is 5.16. The molecule has 0 atom stereocenters. The fourth-order valence-electron chi connectivity index (χ4n) is 1.54. The molecular weight excluding hydrogens is 387 g/mol. The van der Waals surface area contributed by atoms with Gasteiger partial charge in [-0.15, -0.1) is 24.0 Å². The lowest BCUT2D eigenvalue weighted by atomic mass is 10.2. The molecule has 0 aliphatic rings. The maximum atomic E-state index is 10.8. The topological polar surface area (TPSA) is 103 Å². The van der Waals surface area contributed by atoms with E-state index in [4.69, 9.17) is 10.5 Å². The van der Waals surface area contributed by atoms with Gasteiger partial charge in [-0.25, -0.2) is 4.99 Å². The molecule has 0 saturated heterocycles. The maximum absolute atomic E-state index is 10.8. The summed E-state index contributed by atoms with van der Waals surface area (Å²) in [7, 11) is 1.51. The van der Waals surface area contributed by atoms with Crippen LogP contribution in [0.25, 0.3) is 0 Å². The number of nitrogens with one attached hydrogen (secondary N) is 1. The van der Waals surface area contributed by atoms with Crippen LogP contribution < -0.4 is 15.8 Å². The summed E-state index contributed by atoms with van der Waals surface area (Å²) in [6.45, 7) is 5.07. The van der Waals surface area contributed by atoms with Gasteiger partial charge in [-0.1, -0.05) is 13.8 Å². The number of guanidine groups is 1. The van der Waals surface area contributed by atoms with Gasteiger partial charge in [0.05, 0.1) is 18.6 Å². The van der Waals surface area contributed by atoms with Crippen LogP contribution in [0.3, 0.4) is 0 Å². The van der Waals surface area contributed by atoms with E-state index in [0.29, 0.717) is 23.2 Å². The molecule has 0 saturated carbocycles. The second kappa shape index (κ2) is 9.37. The third-order valence-electron chi connectivity index (χ3n) is 2.59. The molecule has 8 heteroatoms. The third kappa shape index (κ3) is 6.61. The Morgan fingerprint density at radius 2 is 2.19 bits per heavy atom. The summed E-state index contributed by atoms with van der Waals surface area (Å²) in [6, 6.07) is 4.39. The summed E-state index contributed by atoms with van der Waals surface area (Å²) in [4.78, 5) is 14.5. The number of non-ortho nitro benzene ring substituents is 1. The van der Waals surface area contributed by atoms with Crippen LogP contribution in [0.4, 0.5) is 5.69 Å². The highest BCUT2D eigenvalue weighted by atomic mass is 127. The van der Waals surface area contributed by atoms with Crippen molar-refractivity contribution < 1.29 is 9.66 Å². The van der Waals surface area contributed by atoms with Crippen LogP contribution in [-0.2, 0) is 6.54 Å². The molecule has 0 aliphatic carbocycles. The lowest BCUT2D eigenvalue weighted by Crippen LogP contribution is -2.34. The van der Waals surface area contributed by atoms with E-state index in [0.717, 1.165) is 6.54 Å². The van der Waals surface area contributed by atoms with Crippen molar-refractivity contribution in [3.05, 3.63) is 33.9 Å². The molecule has 0 aliphatic heterocycles. The van der Waals surface area contributed by atoms with Crippen molar-refractivity contribution in [3.8, 4) is 5.75 Å². The first kappa shape index (κ1) is 19.4. The van der Waals surface area contributed by atoms with Crippen LogP contribution in [0.5, 0.6) is 5.75 Å². The summed E-state index contributed by atoms with van der Waals surface area (Å²) in [6.07, 6.45) is 0. The van der Waals surface area contributed by atoms with Gasteiger partial charge in [0, 0.05) is 24.2 Å². The Morgan fingerprint density at radius 1 is 1.52 bits per heavy atom. The first-order valence-electron chi connectivity index (χ1n) is 6.29. The predicted molar refractivity (Wildman–Crippen MR) is 93.2 cm³/mol. The van der Waals surface area contributed by atoms with Crippen molar-refractivity contribution in [2.75, 3.05) is 13.7 Å². The van der Waals surface area contributed by atoms with E-state index in [1.54, 1.807) is 6.07 Å². The summed E-state index contributed by atoms with van der Waals surface area (Å²) >= 11 is 0. The van der Waals surface area contributed by atoms with Crippen LogP contribution in [0.2, 0.25) is 0 Å². The quantitative estimate of drug-likeness (QED) is 0.247. The van der Waals surface area contributed by atoms with Gasteiger partial charge in [0.15, 0.2) is 5.96 Å². The molecule has 0 unspecified atom stereocenters. The number of halogens is 1. The Morgan fingerprint density at radius 3 is 2.71 bits per heavy atom. The van der Waals surface area contributed by atoms with Gasteiger partial charge in [-0.3, -0.25) is 10.1 Å². The van der Waals surface area contributed by atoms with Crippen LogP contribution >= 0.6 is 24.0 Å². The second-order valence-electron chi connectivity index (χ2n) is 4.73.